The van der Waals surface area contributed by atoms with Crippen LogP contribution in [0.15, 0.2) is 30.5 Å². The summed E-state index contributed by atoms with van der Waals surface area (Å²) in [6.45, 7) is 0.767. The largest absolute Gasteiger partial charge is 0.493 e. The summed E-state index contributed by atoms with van der Waals surface area (Å²) >= 11 is 5.81. The molecule has 1 aliphatic rings. The van der Waals surface area contributed by atoms with E-state index in [4.69, 9.17) is 16.3 Å². The molecule has 0 amide bonds. The monoisotopic (exact) mass is 246 g/mol. The fourth-order valence-corrected chi connectivity index (χ4v) is 2.22. The van der Waals surface area contributed by atoms with E-state index in [9.17, 15) is 0 Å². The molecule has 3 rings (SSSR count). The molecule has 0 unspecified atom stereocenters. The number of para-hydroxylation sites is 1. The summed E-state index contributed by atoms with van der Waals surface area (Å²) in [6, 6.07) is 7.97. The Morgan fingerprint density at radius 1 is 1.24 bits per heavy atom. The maximum absolute atomic E-state index is 5.81. The summed E-state index contributed by atoms with van der Waals surface area (Å²) in [7, 11) is 0. The van der Waals surface area contributed by atoms with E-state index >= 15 is 0 Å². The van der Waals surface area contributed by atoms with Gasteiger partial charge in [0.15, 0.2) is 0 Å². The molecule has 0 N–H and O–H groups in total. The van der Waals surface area contributed by atoms with Gasteiger partial charge in [0.25, 0.3) is 0 Å². The average Bonchev–Trinajstić information content (AvgIpc) is 2.38. The number of nitrogens with zero attached hydrogens (tertiary/aromatic N) is 2. The maximum atomic E-state index is 5.81. The van der Waals surface area contributed by atoms with Crippen molar-refractivity contribution < 1.29 is 4.74 Å². The fraction of sp³-hybridized carbons (Fsp3) is 0.231. The van der Waals surface area contributed by atoms with Crippen LogP contribution in [0.25, 0.3) is 11.3 Å². The zero-order valence-electron chi connectivity index (χ0n) is 9.19. The molecule has 0 saturated carbocycles. The van der Waals surface area contributed by atoms with E-state index in [2.05, 4.69) is 16.0 Å². The topological polar surface area (TPSA) is 35.0 Å². The van der Waals surface area contributed by atoms with E-state index in [1.165, 1.54) is 5.56 Å². The Kier molecular flexibility index (Phi) is 2.69. The molecule has 1 aromatic carbocycles. The molecule has 86 valence electrons. The van der Waals surface area contributed by atoms with E-state index in [0.717, 1.165) is 36.5 Å². The lowest BCUT2D eigenvalue weighted by atomic mass is 10.0. The Labute approximate surface area is 104 Å². The third kappa shape index (κ3) is 1.98. The van der Waals surface area contributed by atoms with Crippen molar-refractivity contribution in [1.82, 2.24) is 9.97 Å². The second kappa shape index (κ2) is 4.34. The van der Waals surface area contributed by atoms with Gasteiger partial charge in [-0.1, -0.05) is 12.1 Å². The number of hydrogen-bond donors (Lipinski definition) is 0. The molecule has 0 aliphatic carbocycles. The Hall–Kier alpha value is -1.61. The van der Waals surface area contributed by atoms with Gasteiger partial charge in [0, 0.05) is 11.8 Å². The summed E-state index contributed by atoms with van der Waals surface area (Å²) in [5.41, 5.74) is 3.04. The fourth-order valence-electron chi connectivity index (χ4n) is 2.08. The quantitative estimate of drug-likeness (QED) is 0.725. The van der Waals surface area contributed by atoms with Crippen molar-refractivity contribution in [3.8, 4) is 17.0 Å². The number of ether oxygens (including phenoxy) is 1. The summed E-state index contributed by atoms with van der Waals surface area (Å²) < 4.78 is 5.75. The Morgan fingerprint density at radius 2 is 2.18 bits per heavy atom. The van der Waals surface area contributed by atoms with Gasteiger partial charge in [-0.3, -0.25) is 0 Å². The highest BCUT2D eigenvalue weighted by molar-refractivity contribution is 6.28. The van der Waals surface area contributed by atoms with Gasteiger partial charge < -0.3 is 4.74 Å². The number of halogens is 1. The molecule has 2 aromatic rings. The summed E-state index contributed by atoms with van der Waals surface area (Å²) in [5, 5.41) is 0.260. The normalized spacial score (nSPS) is 13.9. The molecule has 0 spiro atoms. The van der Waals surface area contributed by atoms with Gasteiger partial charge in [0.05, 0.1) is 12.3 Å². The predicted molar refractivity (Wildman–Crippen MR) is 66.3 cm³/mol. The molecule has 2 heterocycles. The number of fused-ring (bicyclic) bond motifs is 1. The molecule has 1 aliphatic heterocycles. The smallest absolute Gasteiger partial charge is 0.222 e. The molecule has 1 aromatic heterocycles. The molecule has 4 heteroatoms. The van der Waals surface area contributed by atoms with Crippen LogP contribution in [0, 0.1) is 0 Å². The standard InChI is InChI=1S/C13H11ClN2O/c14-13-15-7-6-11(16-13)10-5-1-3-9-4-2-8-17-12(9)10/h1,3,5-7H,2,4,8H2. The highest BCUT2D eigenvalue weighted by Crippen LogP contribution is 2.35. The number of hydrogen-bond acceptors (Lipinski definition) is 3. The zero-order valence-corrected chi connectivity index (χ0v) is 9.94. The molecular weight excluding hydrogens is 236 g/mol. The molecule has 0 radical (unpaired) electrons. The third-order valence-electron chi connectivity index (χ3n) is 2.84. The molecule has 0 bridgehead atoms. The maximum Gasteiger partial charge on any atom is 0.222 e. The second-order valence-electron chi connectivity index (χ2n) is 3.96. The first-order chi connectivity index (χ1) is 8.34. The number of benzene rings is 1. The molecule has 17 heavy (non-hydrogen) atoms. The second-order valence-corrected chi connectivity index (χ2v) is 4.29. The first kappa shape index (κ1) is 10.5. The average molecular weight is 247 g/mol. The lowest BCUT2D eigenvalue weighted by Gasteiger charge is -2.19. The SMILES string of the molecule is Clc1nccc(-c2cccc3c2OCCC3)n1. The molecule has 0 atom stereocenters. The van der Waals surface area contributed by atoms with Crippen LogP contribution in [0.5, 0.6) is 5.75 Å². The van der Waals surface area contributed by atoms with E-state index < -0.39 is 0 Å². The number of aryl methyl sites for hydroxylation is 1. The van der Waals surface area contributed by atoms with Gasteiger partial charge in [0.2, 0.25) is 5.28 Å². The van der Waals surface area contributed by atoms with E-state index in [0.29, 0.717) is 0 Å². The highest BCUT2D eigenvalue weighted by Gasteiger charge is 2.16. The number of rotatable bonds is 1. The van der Waals surface area contributed by atoms with Crippen molar-refractivity contribution in [2.24, 2.45) is 0 Å². The van der Waals surface area contributed by atoms with E-state index in [1.54, 1.807) is 6.20 Å². The van der Waals surface area contributed by atoms with Crippen molar-refractivity contribution in [3.63, 3.8) is 0 Å². The molecular formula is C13H11ClN2O. The highest BCUT2D eigenvalue weighted by atomic mass is 35.5. The third-order valence-corrected chi connectivity index (χ3v) is 3.02. The van der Waals surface area contributed by atoms with Crippen LogP contribution in [0.4, 0.5) is 0 Å². The van der Waals surface area contributed by atoms with Crippen LogP contribution in [-0.2, 0) is 6.42 Å². The van der Waals surface area contributed by atoms with Gasteiger partial charge in [-0.05, 0) is 42.1 Å². The Balaban J connectivity index is 2.14. The van der Waals surface area contributed by atoms with Crippen LogP contribution in [-0.4, -0.2) is 16.6 Å². The lowest BCUT2D eigenvalue weighted by Crippen LogP contribution is -2.09. The van der Waals surface area contributed by atoms with Crippen molar-refractivity contribution in [1.29, 1.82) is 0 Å². The lowest BCUT2D eigenvalue weighted by molar-refractivity contribution is 0.289. The van der Waals surface area contributed by atoms with Gasteiger partial charge in [-0.2, -0.15) is 0 Å². The van der Waals surface area contributed by atoms with Crippen molar-refractivity contribution in [3.05, 3.63) is 41.3 Å². The summed E-state index contributed by atoms with van der Waals surface area (Å²) in [4.78, 5) is 8.12. The van der Waals surface area contributed by atoms with Crippen LogP contribution < -0.4 is 4.74 Å². The van der Waals surface area contributed by atoms with Crippen LogP contribution >= 0.6 is 11.6 Å². The van der Waals surface area contributed by atoms with Crippen molar-refractivity contribution in [2.75, 3.05) is 6.61 Å². The van der Waals surface area contributed by atoms with Gasteiger partial charge in [0.1, 0.15) is 5.75 Å². The predicted octanol–water partition coefficient (Wildman–Crippen LogP) is 3.12. The first-order valence-corrected chi connectivity index (χ1v) is 5.96. The van der Waals surface area contributed by atoms with Crippen LogP contribution in [0.3, 0.4) is 0 Å². The van der Waals surface area contributed by atoms with Gasteiger partial charge >= 0.3 is 0 Å². The zero-order chi connectivity index (χ0) is 11.7. The van der Waals surface area contributed by atoms with Crippen LogP contribution in [0.1, 0.15) is 12.0 Å². The van der Waals surface area contributed by atoms with E-state index in [-0.39, 0.29) is 5.28 Å². The molecule has 3 nitrogen and oxygen atoms in total. The first-order valence-electron chi connectivity index (χ1n) is 5.58. The minimum Gasteiger partial charge on any atom is -0.493 e. The Bertz CT molecular complexity index is 557. The summed E-state index contributed by atoms with van der Waals surface area (Å²) in [6.07, 6.45) is 3.79. The van der Waals surface area contributed by atoms with Gasteiger partial charge in [-0.25, -0.2) is 9.97 Å². The molecule has 0 saturated heterocycles. The molecule has 0 fully saturated rings. The van der Waals surface area contributed by atoms with Crippen molar-refractivity contribution in [2.45, 2.75) is 12.8 Å². The van der Waals surface area contributed by atoms with Gasteiger partial charge in [-0.15, -0.1) is 0 Å². The number of aromatic nitrogens is 2. The van der Waals surface area contributed by atoms with Crippen molar-refractivity contribution >= 4 is 11.6 Å². The van der Waals surface area contributed by atoms with E-state index in [1.807, 2.05) is 18.2 Å². The Morgan fingerprint density at radius 3 is 3.06 bits per heavy atom. The summed E-state index contributed by atoms with van der Waals surface area (Å²) in [5.74, 6) is 0.938. The minimum absolute atomic E-state index is 0.260. The van der Waals surface area contributed by atoms with Crippen LogP contribution in [0.2, 0.25) is 5.28 Å². The minimum atomic E-state index is 0.260.